The van der Waals surface area contributed by atoms with Crippen molar-refractivity contribution in [1.29, 1.82) is 0 Å². The minimum Gasteiger partial charge on any atom is -0.480 e. The zero-order valence-corrected chi connectivity index (χ0v) is 10.5. The molecule has 98 valence electrons. The minimum absolute atomic E-state index is 0.101. The van der Waals surface area contributed by atoms with Crippen LogP contribution >= 0.6 is 0 Å². The van der Waals surface area contributed by atoms with Gasteiger partial charge >= 0.3 is 5.97 Å². The van der Waals surface area contributed by atoms with Gasteiger partial charge < -0.3 is 14.7 Å². The monoisotopic (exact) mass is 251 g/mol. The Morgan fingerprint density at radius 2 is 2.33 bits per heavy atom. The molecule has 1 aliphatic rings. The number of rotatable bonds is 3. The van der Waals surface area contributed by atoms with Crippen molar-refractivity contribution in [2.24, 2.45) is 5.92 Å². The van der Waals surface area contributed by atoms with E-state index in [-0.39, 0.29) is 5.92 Å². The van der Waals surface area contributed by atoms with Crippen molar-refractivity contribution >= 4 is 11.8 Å². The van der Waals surface area contributed by atoms with Gasteiger partial charge in [-0.3, -0.25) is 4.98 Å². The van der Waals surface area contributed by atoms with Crippen LogP contribution in [0, 0.1) is 5.92 Å². The SMILES string of the molecule is COc1cncc(N2CCCC(C)C2C(=O)O)n1. The van der Waals surface area contributed by atoms with Crippen LogP contribution in [0.15, 0.2) is 12.4 Å². The summed E-state index contributed by atoms with van der Waals surface area (Å²) >= 11 is 0. The van der Waals surface area contributed by atoms with E-state index in [1.165, 1.54) is 13.3 Å². The maximum absolute atomic E-state index is 11.4. The molecule has 1 aromatic rings. The third kappa shape index (κ3) is 2.37. The first-order valence-corrected chi connectivity index (χ1v) is 5.99. The predicted molar refractivity (Wildman–Crippen MR) is 65.8 cm³/mol. The van der Waals surface area contributed by atoms with Crippen LogP contribution in [0.5, 0.6) is 5.88 Å². The number of aliphatic carboxylic acids is 1. The number of ether oxygens (including phenoxy) is 1. The standard InChI is InChI=1S/C12H17N3O3/c1-8-4-3-5-15(11(8)12(16)17)9-6-13-7-10(14-9)18-2/h6-8,11H,3-5H2,1-2H3,(H,16,17). The van der Waals surface area contributed by atoms with Crippen LogP contribution in [-0.4, -0.2) is 40.7 Å². The second-order valence-corrected chi connectivity index (χ2v) is 4.52. The van der Waals surface area contributed by atoms with E-state index in [9.17, 15) is 9.90 Å². The maximum atomic E-state index is 11.4. The minimum atomic E-state index is -0.813. The van der Waals surface area contributed by atoms with Crippen molar-refractivity contribution in [2.75, 3.05) is 18.6 Å². The van der Waals surface area contributed by atoms with Crippen molar-refractivity contribution in [3.05, 3.63) is 12.4 Å². The Labute approximate surface area is 106 Å². The molecule has 2 rings (SSSR count). The molecule has 18 heavy (non-hydrogen) atoms. The van der Waals surface area contributed by atoms with Crippen LogP contribution in [0.3, 0.4) is 0 Å². The number of carboxylic acid groups (broad SMARTS) is 1. The van der Waals surface area contributed by atoms with Gasteiger partial charge in [0.25, 0.3) is 0 Å². The highest BCUT2D eigenvalue weighted by Crippen LogP contribution is 2.28. The van der Waals surface area contributed by atoms with Crippen molar-refractivity contribution in [2.45, 2.75) is 25.8 Å². The Balaban J connectivity index is 2.31. The fourth-order valence-corrected chi connectivity index (χ4v) is 2.40. The highest BCUT2D eigenvalue weighted by atomic mass is 16.5. The molecule has 2 atom stereocenters. The second kappa shape index (κ2) is 5.20. The van der Waals surface area contributed by atoms with Crippen LogP contribution in [-0.2, 0) is 4.79 Å². The molecule has 2 unspecified atom stereocenters. The lowest BCUT2D eigenvalue weighted by Gasteiger charge is -2.37. The molecule has 0 bridgehead atoms. The van der Waals surface area contributed by atoms with Gasteiger partial charge in [0, 0.05) is 6.54 Å². The molecular formula is C12H17N3O3. The molecule has 2 heterocycles. The quantitative estimate of drug-likeness (QED) is 0.869. The molecule has 1 fully saturated rings. The fourth-order valence-electron chi connectivity index (χ4n) is 2.40. The number of aromatic nitrogens is 2. The summed E-state index contributed by atoms with van der Waals surface area (Å²) in [7, 11) is 1.52. The molecule has 6 heteroatoms. The Hall–Kier alpha value is -1.85. The predicted octanol–water partition coefficient (Wildman–Crippen LogP) is 1.17. The van der Waals surface area contributed by atoms with E-state index in [1.807, 2.05) is 6.92 Å². The lowest BCUT2D eigenvalue weighted by atomic mass is 9.91. The molecule has 0 saturated carbocycles. The van der Waals surface area contributed by atoms with Crippen LogP contribution in [0.2, 0.25) is 0 Å². The van der Waals surface area contributed by atoms with E-state index in [2.05, 4.69) is 9.97 Å². The first-order chi connectivity index (χ1) is 8.63. The van der Waals surface area contributed by atoms with Crippen molar-refractivity contribution in [1.82, 2.24) is 9.97 Å². The molecular weight excluding hydrogens is 234 g/mol. The highest BCUT2D eigenvalue weighted by molar-refractivity contribution is 5.78. The second-order valence-electron chi connectivity index (χ2n) is 4.52. The summed E-state index contributed by atoms with van der Waals surface area (Å²) in [4.78, 5) is 21.5. The summed E-state index contributed by atoms with van der Waals surface area (Å²) in [6.07, 6.45) is 4.97. The zero-order chi connectivity index (χ0) is 13.1. The van der Waals surface area contributed by atoms with E-state index in [0.29, 0.717) is 18.2 Å². The number of methoxy groups -OCH3 is 1. The summed E-state index contributed by atoms with van der Waals surface area (Å²) in [5.74, 6) is 0.249. The number of nitrogens with zero attached hydrogens (tertiary/aromatic N) is 3. The number of piperidine rings is 1. The number of hydrogen-bond donors (Lipinski definition) is 1. The third-order valence-corrected chi connectivity index (χ3v) is 3.29. The van der Waals surface area contributed by atoms with Gasteiger partial charge in [-0.1, -0.05) is 6.92 Å². The Morgan fingerprint density at radius 3 is 3.00 bits per heavy atom. The van der Waals surface area contributed by atoms with E-state index < -0.39 is 12.0 Å². The zero-order valence-electron chi connectivity index (χ0n) is 10.5. The lowest BCUT2D eigenvalue weighted by Crippen LogP contribution is -2.49. The number of hydrogen-bond acceptors (Lipinski definition) is 5. The third-order valence-electron chi connectivity index (χ3n) is 3.29. The first kappa shape index (κ1) is 12.6. The van der Waals surface area contributed by atoms with Gasteiger partial charge in [0.1, 0.15) is 6.04 Å². The van der Waals surface area contributed by atoms with Gasteiger partial charge in [-0.25, -0.2) is 4.79 Å². The van der Waals surface area contributed by atoms with Gasteiger partial charge in [-0.15, -0.1) is 0 Å². The summed E-state index contributed by atoms with van der Waals surface area (Å²) in [6.45, 7) is 2.64. The molecule has 1 N–H and O–H groups in total. The van der Waals surface area contributed by atoms with Gasteiger partial charge in [-0.2, -0.15) is 4.98 Å². The largest absolute Gasteiger partial charge is 0.480 e. The molecule has 0 aromatic carbocycles. The topological polar surface area (TPSA) is 75.5 Å². The molecule has 0 spiro atoms. The van der Waals surface area contributed by atoms with Crippen LogP contribution in [0.4, 0.5) is 5.82 Å². The van der Waals surface area contributed by atoms with Gasteiger partial charge in [0.15, 0.2) is 5.82 Å². The van der Waals surface area contributed by atoms with Gasteiger partial charge in [-0.05, 0) is 18.8 Å². The maximum Gasteiger partial charge on any atom is 0.326 e. The van der Waals surface area contributed by atoms with Gasteiger partial charge in [0.2, 0.25) is 5.88 Å². The highest BCUT2D eigenvalue weighted by Gasteiger charge is 2.35. The molecule has 0 radical (unpaired) electrons. The summed E-state index contributed by atoms with van der Waals surface area (Å²) in [5, 5.41) is 9.35. The first-order valence-electron chi connectivity index (χ1n) is 5.99. The van der Waals surface area contributed by atoms with Crippen LogP contribution in [0.1, 0.15) is 19.8 Å². The molecule has 0 aliphatic carbocycles. The number of carboxylic acids is 1. The molecule has 1 aromatic heterocycles. The molecule has 6 nitrogen and oxygen atoms in total. The fraction of sp³-hybridized carbons (Fsp3) is 0.583. The van der Waals surface area contributed by atoms with E-state index in [4.69, 9.17) is 4.74 Å². The van der Waals surface area contributed by atoms with E-state index >= 15 is 0 Å². The van der Waals surface area contributed by atoms with Crippen molar-refractivity contribution in [3.63, 3.8) is 0 Å². The Kier molecular flexibility index (Phi) is 3.64. The molecule has 1 aliphatic heterocycles. The number of carbonyl (C=O) groups is 1. The molecule has 1 saturated heterocycles. The summed E-state index contributed by atoms with van der Waals surface area (Å²) < 4.78 is 5.02. The average Bonchev–Trinajstić information content (AvgIpc) is 2.38. The smallest absolute Gasteiger partial charge is 0.326 e. The molecule has 0 amide bonds. The van der Waals surface area contributed by atoms with Crippen molar-refractivity contribution in [3.8, 4) is 5.88 Å². The average molecular weight is 251 g/mol. The van der Waals surface area contributed by atoms with Crippen LogP contribution < -0.4 is 9.64 Å². The Morgan fingerprint density at radius 1 is 1.56 bits per heavy atom. The lowest BCUT2D eigenvalue weighted by molar-refractivity contribution is -0.140. The normalized spacial score (nSPS) is 23.8. The van der Waals surface area contributed by atoms with E-state index in [0.717, 1.165) is 12.8 Å². The number of anilines is 1. The summed E-state index contributed by atoms with van der Waals surface area (Å²) in [5.41, 5.74) is 0. The Bertz CT molecular complexity index is 438. The van der Waals surface area contributed by atoms with Gasteiger partial charge in [0.05, 0.1) is 19.5 Å². The van der Waals surface area contributed by atoms with E-state index in [1.54, 1.807) is 11.1 Å². The summed E-state index contributed by atoms with van der Waals surface area (Å²) in [6, 6.07) is -0.542. The van der Waals surface area contributed by atoms with Crippen LogP contribution in [0.25, 0.3) is 0 Å². The van der Waals surface area contributed by atoms with Crippen molar-refractivity contribution < 1.29 is 14.6 Å².